The van der Waals surface area contributed by atoms with Crippen LogP contribution in [0, 0.1) is 0 Å². The van der Waals surface area contributed by atoms with Crippen molar-refractivity contribution in [3.05, 3.63) is 28.6 Å². The first-order valence-corrected chi connectivity index (χ1v) is 9.17. The lowest BCUT2D eigenvalue weighted by Crippen LogP contribution is -2.42. The molecule has 1 aliphatic heterocycles. The van der Waals surface area contributed by atoms with Gasteiger partial charge in [-0.3, -0.25) is 14.5 Å². The van der Waals surface area contributed by atoms with E-state index in [1.165, 1.54) is 4.90 Å². The van der Waals surface area contributed by atoms with Crippen LogP contribution in [0.1, 0.15) is 11.9 Å². The van der Waals surface area contributed by atoms with Crippen LogP contribution in [0.5, 0.6) is 5.75 Å². The molecule has 1 amide bonds. The van der Waals surface area contributed by atoms with Gasteiger partial charge in [-0.15, -0.1) is 11.3 Å². The van der Waals surface area contributed by atoms with Crippen molar-refractivity contribution in [1.29, 1.82) is 0 Å². The maximum atomic E-state index is 12.2. The second-order valence-electron chi connectivity index (χ2n) is 5.63. The van der Waals surface area contributed by atoms with E-state index in [-0.39, 0.29) is 25.7 Å². The highest BCUT2D eigenvalue weighted by Crippen LogP contribution is 2.36. The fourth-order valence-electron chi connectivity index (χ4n) is 2.62. The molecule has 0 aliphatic carbocycles. The third kappa shape index (κ3) is 4.03. The molecule has 0 spiro atoms. The molecule has 0 unspecified atom stereocenters. The van der Waals surface area contributed by atoms with Gasteiger partial charge >= 0.3 is 5.97 Å². The van der Waals surface area contributed by atoms with E-state index in [9.17, 15) is 9.59 Å². The van der Waals surface area contributed by atoms with Gasteiger partial charge in [-0.1, -0.05) is 0 Å². The third-order valence-corrected chi connectivity index (χ3v) is 4.77. The second-order valence-corrected chi connectivity index (χ2v) is 6.57. The van der Waals surface area contributed by atoms with Gasteiger partial charge in [0.2, 0.25) is 0 Å². The molecule has 3 rings (SSSR count). The number of fused-ring (bicyclic) bond motifs is 1. The number of hydrogen-bond donors (Lipinski definition) is 0. The first-order chi connectivity index (χ1) is 12.6. The summed E-state index contributed by atoms with van der Waals surface area (Å²) in [4.78, 5) is 30.1. The Hall–Kier alpha value is -2.45. The Kier molecular flexibility index (Phi) is 5.85. The number of aromatic nitrogens is 1. The molecule has 1 aromatic heterocycles. The molecule has 0 bridgehead atoms. The molecule has 0 atom stereocenters. The average Bonchev–Trinajstić information content (AvgIpc) is 3.11. The zero-order valence-electron chi connectivity index (χ0n) is 14.7. The molecular formula is C18H20N2O5S. The van der Waals surface area contributed by atoms with Crippen LogP contribution in [0.4, 0.5) is 5.69 Å². The van der Waals surface area contributed by atoms with Gasteiger partial charge in [0, 0.05) is 24.5 Å². The highest BCUT2D eigenvalue weighted by atomic mass is 32.1. The lowest BCUT2D eigenvalue weighted by atomic mass is 10.1. The van der Waals surface area contributed by atoms with Crippen molar-refractivity contribution >= 4 is 28.9 Å². The minimum atomic E-state index is -0.449. The monoisotopic (exact) mass is 376 g/mol. The average molecular weight is 376 g/mol. The Morgan fingerprint density at radius 2 is 2.27 bits per heavy atom. The summed E-state index contributed by atoms with van der Waals surface area (Å²) in [5.74, 6) is -0.163. The third-order valence-electron chi connectivity index (χ3n) is 3.86. The van der Waals surface area contributed by atoms with Crippen molar-refractivity contribution in [2.24, 2.45) is 0 Å². The number of amides is 1. The molecule has 26 heavy (non-hydrogen) atoms. The van der Waals surface area contributed by atoms with E-state index in [1.807, 2.05) is 17.5 Å². The summed E-state index contributed by atoms with van der Waals surface area (Å²) in [5.41, 5.74) is 2.23. The smallest absolute Gasteiger partial charge is 0.326 e. The number of rotatable bonds is 7. The van der Waals surface area contributed by atoms with Crippen LogP contribution in [0.25, 0.3) is 11.3 Å². The number of anilines is 1. The number of ether oxygens (including phenoxy) is 3. The van der Waals surface area contributed by atoms with Crippen molar-refractivity contribution in [2.45, 2.75) is 13.3 Å². The number of carbonyl (C=O) groups is 2. The van der Waals surface area contributed by atoms with Crippen molar-refractivity contribution in [2.75, 3.05) is 38.4 Å². The Morgan fingerprint density at radius 1 is 1.42 bits per heavy atom. The van der Waals surface area contributed by atoms with E-state index in [0.717, 1.165) is 22.7 Å². The van der Waals surface area contributed by atoms with Crippen LogP contribution >= 0.6 is 11.3 Å². The molecule has 0 radical (unpaired) electrons. The lowest BCUT2D eigenvalue weighted by Gasteiger charge is -2.28. The number of esters is 1. The summed E-state index contributed by atoms with van der Waals surface area (Å²) in [7, 11) is 1.66. The summed E-state index contributed by atoms with van der Waals surface area (Å²) >= 11 is 1.56. The Labute approximate surface area is 155 Å². The molecule has 2 aromatic rings. The van der Waals surface area contributed by atoms with Gasteiger partial charge in [-0.05, 0) is 25.1 Å². The van der Waals surface area contributed by atoms with Crippen LogP contribution < -0.4 is 9.64 Å². The quantitative estimate of drug-likeness (QED) is 0.690. The first-order valence-electron chi connectivity index (χ1n) is 8.29. The standard InChI is InChI=1S/C18H20N2O5S/c1-3-24-18(22)9-20-14-8-12(4-5-15(14)25-10-17(20)21)13-11-26-16(19-13)6-7-23-2/h4-5,8,11H,3,6-7,9-10H2,1-2H3. The number of thiazole rings is 1. The maximum Gasteiger partial charge on any atom is 0.326 e. The van der Waals surface area contributed by atoms with Crippen LogP contribution in [-0.2, 0) is 25.5 Å². The molecule has 8 heteroatoms. The van der Waals surface area contributed by atoms with Crippen molar-refractivity contribution in [3.63, 3.8) is 0 Å². The predicted octanol–water partition coefficient (Wildman–Crippen LogP) is 2.29. The molecule has 0 saturated heterocycles. The molecule has 2 heterocycles. The second kappa shape index (κ2) is 8.29. The van der Waals surface area contributed by atoms with E-state index in [1.54, 1.807) is 31.4 Å². The summed E-state index contributed by atoms with van der Waals surface area (Å²) < 4.78 is 15.5. The highest BCUT2D eigenvalue weighted by Gasteiger charge is 2.28. The summed E-state index contributed by atoms with van der Waals surface area (Å²) in [6, 6.07) is 5.51. The van der Waals surface area contributed by atoms with Gasteiger partial charge in [0.25, 0.3) is 5.91 Å². The summed E-state index contributed by atoms with van der Waals surface area (Å²) in [5, 5.41) is 2.95. The van der Waals surface area contributed by atoms with E-state index in [0.29, 0.717) is 18.0 Å². The minimum Gasteiger partial charge on any atom is -0.482 e. The summed E-state index contributed by atoms with van der Waals surface area (Å²) in [6.45, 7) is 2.39. The Balaban J connectivity index is 1.87. The van der Waals surface area contributed by atoms with Crippen LogP contribution in [0.2, 0.25) is 0 Å². The van der Waals surface area contributed by atoms with E-state index in [4.69, 9.17) is 14.2 Å². The van der Waals surface area contributed by atoms with Crippen molar-refractivity contribution < 1.29 is 23.8 Å². The largest absolute Gasteiger partial charge is 0.482 e. The molecular weight excluding hydrogens is 356 g/mol. The Bertz CT molecular complexity index is 805. The fourth-order valence-corrected chi connectivity index (χ4v) is 3.41. The van der Waals surface area contributed by atoms with Gasteiger partial charge in [-0.25, -0.2) is 4.98 Å². The van der Waals surface area contributed by atoms with E-state index in [2.05, 4.69) is 4.98 Å². The number of carbonyl (C=O) groups excluding carboxylic acids is 2. The Morgan fingerprint density at radius 3 is 3.04 bits per heavy atom. The molecule has 0 saturated carbocycles. The fraction of sp³-hybridized carbons (Fsp3) is 0.389. The maximum absolute atomic E-state index is 12.2. The molecule has 138 valence electrons. The van der Waals surface area contributed by atoms with Gasteiger partial charge < -0.3 is 14.2 Å². The summed E-state index contributed by atoms with van der Waals surface area (Å²) in [6.07, 6.45) is 0.753. The highest BCUT2D eigenvalue weighted by molar-refractivity contribution is 7.09. The van der Waals surface area contributed by atoms with Crippen molar-refractivity contribution in [3.8, 4) is 17.0 Å². The normalized spacial score (nSPS) is 13.3. The molecule has 7 nitrogen and oxygen atoms in total. The van der Waals surface area contributed by atoms with Gasteiger partial charge in [-0.2, -0.15) is 0 Å². The number of benzene rings is 1. The number of methoxy groups -OCH3 is 1. The topological polar surface area (TPSA) is 78.0 Å². The lowest BCUT2D eigenvalue weighted by molar-refractivity contribution is -0.142. The zero-order chi connectivity index (χ0) is 18.5. The SMILES string of the molecule is CCOC(=O)CN1C(=O)COc2ccc(-c3csc(CCOC)n3)cc21. The molecule has 0 fully saturated rings. The zero-order valence-corrected chi connectivity index (χ0v) is 15.5. The van der Waals surface area contributed by atoms with Gasteiger partial charge in [0.05, 0.1) is 29.6 Å². The molecule has 1 aliphatic rings. The van der Waals surface area contributed by atoms with Crippen LogP contribution in [0.15, 0.2) is 23.6 Å². The first kappa shape index (κ1) is 18.3. The van der Waals surface area contributed by atoms with E-state index >= 15 is 0 Å². The van der Waals surface area contributed by atoms with Gasteiger partial charge in [0.1, 0.15) is 12.3 Å². The van der Waals surface area contributed by atoms with E-state index < -0.39 is 5.97 Å². The number of nitrogens with zero attached hydrogens (tertiary/aromatic N) is 2. The van der Waals surface area contributed by atoms with Crippen LogP contribution in [0.3, 0.4) is 0 Å². The van der Waals surface area contributed by atoms with Crippen LogP contribution in [-0.4, -0.2) is 50.3 Å². The van der Waals surface area contributed by atoms with Crippen molar-refractivity contribution in [1.82, 2.24) is 4.98 Å². The molecule has 1 aromatic carbocycles. The predicted molar refractivity (Wildman–Crippen MR) is 97.6 cm³/mol. The minimum absolute atomic E-state index is 0.0936. The van der Waals surface area contributed by atoms with Gasteiger partial charge in [0.15, 0.2) is 6.61 Å². The molecule has 0 N–H and O–H groups in total. The number of hydrogen-bond acceptors (Lipinski definition) is 7.